The predicted molar refractivity (Wildman–Crippen MR) is 104 cm³/mol. The average molecular weight is 350 g/mol. The SMILES string of the molecule is CCOc1ccc2ccccc2c1-c1nc2sc(C)c(C)c2c(=O)[nH]1. The average Bonchev–Trinajstić information content (AvgIpc) is 2.89. The van der Waals surface area contributed by atoms with Crippen LogP contribution in [0.3, 0.4) is 0 Å². The number of aryl methyl sites for hydroxylation is 2. The van der Waals surface area contributed by atoms with Crippen LogP contribution in [-0.2, 0) is 0 Å². The summed E-state index contributed by atoms with van der Waals surface area (Å²) in [6.07, 6.45) is 0. The Morgan fingerprint density at radius 1 is 1.16 bits per heavy atom. The molecule has 126 valence electrons. The van der Waals surface area contributed by atoms with Gasteiger partial charge in [0.15, 0.2) is 0 Å². The molecule has 4 nitrogen and oxygen atoms in total. The van der Waals surface area contributed by atoms with Gasteiger partial charge < -0.3 is 9.72 Å². The first-order valence-electron chi connectivity index (χ1n) is 8.25. The van der Waals surface area contributed by atoms with Crippen molar-refractivity contribution in [2.24, 2.45) is 0 Å². The van der Waals surface area contributed by atoms with E-state index in [0.717, 1.165) is 37.4 Å². The van der Waals surface area contributed by atoms with Crippen LogP contribution >= 0.6 is 11.3 Å². The molecule has 4 aromatic rings. The maximum absolute atomic E-state index is 12.7. The number of aromatic amines is 1. The van der Waals surface area contributed by atoms with Gasteiger partial charge in [0.1, 0.15) is 16.4 Å². The van der Waals surface area contributed by atoms with Crippen molar-refractivity contribution in [1.82, 2.24) is 9.97 Å². The number of nitrogens with one attached hydrogen (secondary N) is 1. The second kappa shape index (κ2) is 6.01. The minimum Gasteiger partial charge on any atom is -0.493 e. The first-order valence-corrected chi connectivity index (χ1v) is 9.06. The molecule has 0 saturated heterocycles. The Kier molecular flexibility index (Phi) is 3.81. The summed E-state index contributed by atoms with van der Waals surface area (Å²) < 4.78 is 5.82. The fourth-order valence-electron chi connectivity index (χ4n) is 3.14. The normalized spacial score (nSPS) is 11.3. The Hall–Kier alpha value is -2.66. The molecule has 0 aliphatic heterocycles. The highest BCUT2D eigenvalue weighted by Gasteiger charge is 2.17. The van der Waals surface area contributed by atoms with E-state index in [4.69, 9.17) is 9.72 Å². The Morgan fingerprint density at radius 2 is 1.96 bits per heavy atom. The van der Waals surface area contributed by atoms with Crippen molar-refractivity contribution in [3.8, 4) is 17.1 Å². The van der Waals surface area contributed by atoms with Crippen molar-refractivity contribution in [1.29, 1.82) is 0 Å². The number of hydrogen-bond acceptors (Lipinski definition) is 4. The van der Waals surface area contributed by atoms with Crippen molar-refractivity contribution < 1.29 is 4.74 Å². The molecule has 0 saturated carbocycles. The summed E-state index contributed by atoms with van der Waals surface area (Å²) in [6, 6.07) is 12.0. The maximum Gasteiger partial charge on any atom is 0.260 e. The van der Waals surface area contributed by atoms with Gasteiger partial charge in [0, 0.05) is 4.88 Å². The largest absolute Gasteiger partial charge is 0.493 e. The molecule has 0 spiro atoms. The number of rotatable bonds is 3. The fraction of sp³-hybridized carbons (Fsp3) is 0.200. The Balaban J connectivity index is 2.08. The number of H-pyrrole nitrogens is 1. The molecular formula is C20H18N2O2S. The van der Waals surface area contributed by atoms with Gasteiger partial charge >= 0.3 is 0 Å². The molecule has 1 N–H and O–H groups in total. The number of ether oxygens (including phenoxy) is 1. The van der Waals surface area contributed by atoms with Crippen molar-refractivity contribution in [3.63, 3.8) is 0 Å². The third-order valence-electron chi connectivity index (χ3n) is 4.47. The van der Waals surface area contributed by atoms with E-state index >= 15 is 0 Å². The standard InChI is InChI=1S/C20H18N2O2S/c1-4-24-15-10-9-13-7-5-6-8-14(13)17(15)18-21-19(23)16-11(2)12(3)25-20(16)22-18/h5-10H,4H2,1-3H3,(H,21,22,23). The van der Waals surface area contributed by atoms with Crippen LogP contribution in [0.25, 0.3) is 32.4 Å². The summed E-state index contributed by atoms with van der Waals surface area (Å²) in [7, 11) is 0. The molecule has 0 aliphatic rings. The fourth-order valence-corrected chi connectivity index (χ4v) is 4.17. The molecule has 0 unspecified atom stereocenters. The van der Waals surface area contributed by atoms with Gasteiger partial charge in [0.25, 0.3) is 5.56 Å². The lowest BCUT2D eigenvalue weighted by Gasteiger charge is -2.13. The smallest absolute Gasteiger partial charge is 0.260 e. The minimum atomic E-state index is -0.0998. The van der Waals surface area contributed by atoms with Gasteiger partial charge in [-0.3, -0.25) is 4.79 Å². The van der Waals surface area contributed by atoms with Gasteiger partial charge in [-0.1, -0.05) is 30.3 Å². The summed E-state index contributed by atoms with van der Waals surface area (Å²) >= 11 is 1.55. The van der Waals surface area contributed by atoms with Crippen molar-refractivity contribution >= 4 is 32.3 Å². The third kappa shape index (κ3) is 2.51. The Morgan fingerprint density at radius 3 is 2.76 bits per heavy atom. The molecule has 0 radical (unpaired) electrons. The summed E-state index contributed by atoms with van der Waals surface area (Å²) in [5.74, 6) is 1.28. The molecule has 25 heavy (non-hydrogen) atoms. The first kappa shape index (κ1) is 15.8. The monoisotopic (exact) mass is 350 g/mol. The van der Waals surface area contributed by atoms with Crippen molar-refractivity contribution in [2.45, 2.75) is 20.8 Å². The van der Waals surface area contributed by atoms with Gasteiger partial charge in [0.05, 0.1) is 17.6 Å². The molecule has 0 amide bonds. The first-order chi connectivity index (χ1) is 12.1. The highest BCUT2D eigenvalue weighted by Crippen LogP contribution is 2.36. The van der Waals surface area contributed by atoms with E-state index in [1.165, 1.54) is 0 Å². The number of aromatic nitrogens is 2. The molecule has 5 heteroatoms. The van der Waals surface area contributed by atoms with Gasteiger partial charge in [0.2, 0.25) is 0 Å². The lowest BCUT2D eigenvalue weighted by atomic mass is 10.0. The van der Waals surface area contributed by atoms with Crippen LogP contribution in [0.15, 0.2) is 41.2 Å². The predicted octanol–water partition coefficient (Wildman–Crippen LogP) is 4.82. The molecule has 2 aromatic heterocycles. The number of nitrogens with zero attached hydrogens (tertiary/aromatic N) is 1. The van der Waals surface area contributed by atoms with E-state index in [1.54, 1.807) is 11.3 Å². The van der Waals surface area contributed by atoms with Crippen LogP contribution in [0.5, 0.6) is 5.75 Å². The highest BCUT2D eigenvalue weighted by atomic mass is 32.1. The summed E-state index contributed by atoms with van der Waals surface area (Å²) in [5, 5.41) is 2.78. The topological polar surface area (TPSA) is 55.0 Å². The second-order valence-electron chi connectivity index (χ2n) is 5.97. The Labute approximate surface area is 149 Å². The van der Waals surface area contributed by atoms with E-state index < -0.39 is 0 Å². The van der Waals surface area contributed by atoms with E-state index in [9.17, 15) is 4.79 Å². The third-order valence-corrected chi connectivity index (χ3v) is 5.57. The number of benzene rings is 2. The van der Waals surface area contributed by atoms with Gasteiger partial charge in [-0.2, -0.15) is 0 Å². The quantitative estimate of drug-likeness (QED) is 0.576. The van der Waals surface area contributed by atoms with E-state index in [2.05, 4.69) is 4.98 Å². The highest BCUT2D eigenvalue weighted by molar-refractivity contribution is 7.18. The molecule has 2 aromatic carbocycles. The van der Waals surface area contributed by atoms with Gasteiger partial charge in [-0.05, 0) is 43.2 Å². The number of fused-ring (bicyclic) bond motifs is 2. The van der Waals surface area contributed by atoms with Crippen LogP contribution in [0.4, 0.5) is 0 Å². The minimum absolute atomic E-state index is 0.0998. The van der Waals surface area contributed by atoms with Gasteiger partial charge in [-0.15, -0.1) is 11.3 Å². The Bertz CT molecular complexity index is 1160. The van der Waals surface area contributed by atoms with Crippen LogP contribution < -0.4 is 10.3 Å². The molecule has 0 bridgehead atoms. The van der Waals surface area contributed by atoms with E-state index in [-0.39, 0.29) is 5.56 Å². The molecule has 0 fully saturated rings. The zero-order valence-electron chi connectivity index (χ0n) is 14.3. The second-order valence-corrected chi connectivity index (χ2v) is 7.17. The van der Waals surface area contributed by atoms with Crippen LogP contribution in [0, 0.1) is 13.8 Å². The van der Waals surface area contributed by atoms with Crippen LogP contribution in [0.1, 0.15) is 17.4 Å². The van der Waals surface area contributed by atoms with Crippen LogP contribution in [-0.4, -0.2) is 16.6 Å². The summed E-state index contributed by atoms with van der Waals surface area (Å²) in [6.45, 7) is 6.48. The number of thiophene rings is 1. The molecular weight excluding hydrogens is 332 g/mol. The lowest BCUT2D eigenvalue weighted by molar-refractivity contribution is 0.342. The van der Waals surface area contributed by atoms with Gasteiger partial charge in [-0.25, -0.2) is 4.98 Å². The maximum atomic E-state index is 12.7. The molecule has 2 heterocycles. The van der Waals surface area contributed by atoms with Crippen molar-refractivity contribution in [2.75, 3.05) is 6.61 Å². The number of hydrogen-bond donors (Lipinski definition) is 1. The molecule has 0 aliphatic carbocycles. The lowest BCUT2D eigenvalue weighted by Crippen LogP contribution is -2.10. The molecule has 0 atom stereocenters. The summed E-state index contributed by atoms with van der Waals surface area (Å²) in [4.78, 5) is 22.3. The van der Waals surface area contributed by atoms with E-state index in [1.807, 2.05) is 57.2 Å². The molecule has 4 rings (SSSR count). The van der Waals surface area contributed by atoms with Crippen molar-refractivity contribution in [3.05, 3.63) is 57.2 Å². The van der Waals surface area contributed by atoms with E-state index in [0.29, 0.717) is 17.8 Å². The van der Waals surface area contributed by atoms with Crippen LogP contribution in [0.2, 0.25) is 0 Å². The zero-order chi connectivity index (χ0) is 17.6. The summed E-state index contributed by atoms with van der Waals surface area (Å²) in [5.41, 5.74) is 1.74. The zero-order valence-corrected chi connectivity index (χ0v) is 15.2.